The van der Waals surface area contributed by atoms with Gasteiger partial charge in [-0.15, -0.1) is 0 Å². The van der Waals surface area contributed by atoms with Gasteiger partial charge in [-0.1, -0.05) is 0 Å². The second-order valence-electron chi connectivity index (χ2n) is 3.23. The summed E-state index contributed by atoms with van der Waals surface area (Å²) in [5.41, 5.74) is 0.415. The predicted molar refractivity (Wildman–Crippen MR) is 69.3 cm³/mol. The van der Waals surface area contributed by atoms with E-state index in [9.17, 15) is 8.78 Å². The minimum Gasteiger partial charge on any atom is -0.337 e. The lowest BCUT2D eigenvalue weighted by Gasteiger charge is -2.08. The molecule has 0 saturated heterocycles. The summed E-state index contributed by atoms with van der Waals surface area (Å²) in [5.74, 6) is -0.886. The van der Waals surface area contributed by atoms with Gasteiger partial charge in [0.05, 0.1) is 5.69 Å². The summed E-state index contributed by atoms with van der Waals surface area (Å²) in [7, 11) is 0. The van der Waals surface area contributed by atoms with Gasteiger partial charge in [-0.3, -0.25) is 0 Å². The Labute approximate surface area is 113 Å². The molecule has 0 aliphatic heterocycles. The average molecular weight is 364 g/mol. The number of benzene rings is 1. The second-order valence-corrected chi connectivity index (χ2v) is 5.00. The van der Waals surface area contributed by atoms with Crippen LogP contribution in [0.3, 0.4) is 0 Å². The molecule has 0 spiro atoms. The Morgan fingerprint density at radius 3 is 2.59 bits per heavy atom. The van der Waals surface area contributed by atoms with E-state index in [2.05, 4.69) is 42.2 Å². The average Bonchev–Trinajstić information content (AvgIpc) is 2.27. The van der Waals surface area contributed by atoms with Gasteiger partial charge in [-0.2, -0.15) is 0 Å². The van der Waals surface area contributed by atoms with Crippen LogP contribution in [-0.4, -0.2) is 4.98 Å². The van der Waals surface area contributed by atoms with Crippen LogP contribution in [-0.2, 0) is 0 Å². The van der Waals surface area contributed by atoms with Crippen LogP contribution < -0.4 is 5.32 Å². The molecule has 0 unspecified atom stereocenters. The maximum absolute atomic E-state index is 13.5. The Bertz CT molecular complexity index is 561. The molecule has 1 N–H and O–H groups in total. The molecule has 2 rings (SSSR count). The fraction of sp³-hybridized carbons (Fsp3) is 0. The first-order chi connectivity index (χ1) is 8.06. The number of halogens is 4. The molecule has 6 heteroatoms. The van der Waals surface area contributed by atoms with Gasteiger partial charge in [-0.05, 0) is 56.1 Å². The van der Waals surface area contributed by atoms with Crippen molar-refractivity contribution >= 4 is 43.4 Å². The number of anilines is 2. The fourth-order valence-electron chi connectivity index (χ4n) is 1.23. The van der Waals surface area contributed by atoms with Gasteiger partial charge in [0.1, 0.15) is 5.82 Å². The van der Waals surface area contributed by atoms with Crippen LogP contribution in [0.4, 0.5) is 20.3 Å². The summed E-state index contributed by atoms with van der Waals surface area (Å²) in [4.78, 5) is 3.87. The van der Waals surface area contributed by atoms with E-state index in [-0.39, 0.29) is 5.82 Å². The van der Waals surface area contributed by atoms with E-state index in [1.54, 1.807) is 0 Å². The van der Waals surface area contributed by atoms with Crippen molar-refractivity contribution in [2.45, 2.75) is 0 Å². The summed E-state index contributed by atoms with van der Waals surface area (Å²) in [5, 5.41) is 2.71. The molecule has 88 valence electrons. The third-order valence-electron chi connectivity index (χ3n) is 1.99. The molecule has 0 bridgehead atoms. The van der Waals surface area contributed by atoms with Crippen molar-refractivity contribution in [1.82, 2.24) is 4.98 Å². The molecule has 1 aromatic heterocycles. The molecular formula is C11H6Br2F2N2. The number of rotatable bonds is 2. The first kappa shape index (κ1) is 12.4. The molecule has 1 heterocycles. The molecule has 1 aromatic carbocycles. The maximum atomic E-state index is 13.5. The summed E-state index contributed by atoms with van der Waals surface area (Å²) in [6.45, 7) is 0. The second kappa shape index (κ2) is 5.10. The molecule has 0 aliphatic carbocycles. The zero-order valence-electron chi connectivity index (χ0n) is 8.35. The highest BCUT2D eigenvalue weighted by Gasteiger charge is 2.07. The zero-order chi connectivity index (χ0) is 12.4. The molecule has 0 radical (unpaired) electrons. The summed E-state index contributed by atoms with van der Waals surface area (Å²) < 4.78 is 27.7. The van der Waals surface area contributed by atoms with E-state index in [0.29, 0.717) is 14.6 Å². The van der Waals surface area contributed by atoms with Gasteiger partial charge < -0.3 is 5.32 Å². The van der Waals surface area contributed by atoms with Crippen LogP contribution >= 0.6 is 31.9 Å². The lowest BCUT2D eigenvalue weighted by atomic mass is 10.3. The van der Waals surface area contributed by atoms with Gasteiger partial charge >= 0.3 is 0 Å². The molecule has 2 nitrogen and oxygen atoms in total. The Balaban J connectivity index is 2.34. The van der Waals surface area contributed by atoms with Crippen LogP contribution in [0.25, 0.3) is 0 Å². The van der Waals surface area contributed by atoms with Gasteiger partial charge in [-0.25, -0.2) is 13.8 Å². The minimum absolute atomic E-state index is 0.0412. The molecule has 17 heavy (non-hydrogen) atoms. The standard InChI is InChI=1S/C11H6Br2F2N2/c12-6-3-9(15)11(16-5-6)17-10-4-7(14)1-2-8(10)13/h1-5H,(H,16,17). The highest BCUT2D eigenvalue weighted by Crippen LogP contribution is 2.27. The summed E-state index contributed by atoms with van der Waals surface area (Å²) >= 11 is 6.35. The number of aromatic nitrogens is 1. The molecule has 0 aliphatic rings. The molecule has 0 amide bonds. The minimum atomic E-state index is -0.518. The number of nitrogens with zero attached hydrogens (tertiary/aromatic N) is 1. The molecule has 2 aromatic rings. The van der Waals surface area contributed by atoms with Gasteiger partial charge in [0.2, 0.25) is 0 Å². The third kappa shape index (κ3) is 3.01. The Morgan fingerprint density at radius 2 is 1.88 bits per heavy atom. The van der Waals surface area contributed by atoms with Crippen molar-refractivity contribution in [1.29, 1.82) is 0 Å². The van der Waals surface area contributed by atoms with Crippen LogP contribution in [0, 0.1) is 11.6 Å². The van der Waals surface area contributed by atoms with Gasteiger partial charge in [0.15, 0.2) is 11.6 Å². The lowest BCUT2D eigenvalue weighted by molar-refractivity contribution is 0.623. The summed E-state index contributed by atoms with van der Waals surface area (Å²) in [6.07, 6.45) is 1.46. The zero-order valence-corrected chi connectivity index (χ0v) is 11.5. The fourth-order valence-corrected chi connectivity index (χ4v) is 1.88. The molecule has 0 fully saturated rings. The van der Waals surface area contributed by atoms with Crippen molar-refractivity contribution in [2.75, 3.05) is 5.32 Å². The Morgan fingerprint density at radius 1 is 1.12 bits per heavy atom. The smallest absolute Gasteiger partial charge is 0.166 e. The Kier molecular flexibility index (Phi) is 3.73. The first-order valence-corrected chi connectivity index (χ1v) is 6.18. The Hall–Kier alpha value is -1.01. The van der Waals surface area contributed by atoms with E-state index in [4.69, 9.17) is 0 Å². The number of hydrogen-bond acceptors (Lipinski definition) is 2. The largest absolute Gasteiger partial charge is 0.337 e. The molecule has 0 saturated carbocycles. The quantitative estimate of drug-likeness (QED) is 0.841. The predicted octanol–water partition coefficient (Wildman–Crippen LogP) is 4.63. The highest BCUT2D eigenvalue weighted by molar-refractivity contribution is 9.10. The number of pyridine rings is 1. The van der Waals surface area contributed by atoms with E-state index in [1.807, 2.05) is 0 Å². The van der Waals surface area contributed by atoms with Crippen LogP contribution in [0.2, 0.25) is 0 Å². The highest BCUT2D eigenvalue weighted by atomic mass is 79.9. The summed E-state index contributed by atoms with van der Waals surface area (Å²) in [6, 6.07) is 5.38. The monoisotopic (exact) mass is 362 g/mol. The van der Waals surface area contributed by atoms with E-state index in [1.165, 1.54) is 30.5 Å². The number of nitrogens with one attached hydrogen (secondary N) is 1. The van der Waals surface area contributed by atoms with Crippen molar-refractivity contribution in [3.8, 4) is 0 Å². The SMILES string of the molecule is Fc1ccc(Br)c(Nc2ncc(Br)cc2F)c1. The topological polar surface area (TPSA) is 24.9 Å². The van der Waals surface area contributed by atoms with Crippen LogP contribution in [0.15, 0.2) is 39.4 Å². The van der Waals surface area contributed by atoms with Crippen molar-refractivity contribution in [3.63, 3.8) is 0 Å². The van der Waals surface area contributed by atoms with E-state index in [0.717, 1.165) is 0 Å². The molecular weight excluding hydrogens is 358 g/mol. The molecule has 0 atom stereocenters. The van der Waals surface area contributed by atoms with Crippen molar-refractivity contribution in [3.05, 3.63) is 51.0 Å². The van der Waals surface area contributed by atoms with Gasteiger partial charge in [0.25, 0.3) is 0 Å². The lowest BCUT2D eigenvalue weighted by Crippen LogP contribution is -1.98. The maximum Gasteiger partial charge on any atom is 0.166 e. The first-order valence-electron chi connectivity index (χ1n) is 4.59. The van der Waals surface area contributed by atoms with E-state index >= 15 is 0 Å². The normalized spacial score (nSPS) is 10.4. The van der Waals surface area contributed by atoms with Gasteiger partial charge in [0, 0.05) is 15.1 Å². The van der Waals surface area contributed by atoms with E-state index < -0.39 is 11.6 Å². The van der Waals surface area contributed by atoms with Crippen LogP contribution in [0.5, 0.6) is 0 Å². The third-order valence-corrected chi connectivity index (χ3v) is 3.11. The van der Waals surface area contributed by atoms with Crippen molar-refractivity contribution < 1.29 is 8.78 Å². The van der Waals surface area contributed by atoms with Crippen molar-refractivity contribution in [2.24, 2.45) is 0 Å². The van der Waals surface area contributed by atoms with Crippen LogP contribution in [0.1, 0.15) is 0 Å². The number of hydrogen-bond donors (Lipinski definition) is 1.